The second-order valence-electron chi connectivity index (χ2n) is 5.78. The number of carbonyl (C=O) groups excluding carboxylic acids is 2. The van der Waals surface area contributed by atoms with Crippen LogP contribution >= 0.6 is 0 Å². The number of likely N-dealkylation sites (tertiary alicyclic amines) is 1. The van der Waals surface area contributed by atoms with Gasteiger partial charge >= 0.3 is 0 Å². The first-order chi connectivity index (χ1) is 9.60. The molecule has 0 bridgehead atoms. The summed E-state index contributed by atoms with van der Waals surface area (Å²) in [4.78, 5) is 26.3. The van der Waals surface area contributed by atoms with E-state index in [1.54, 1.807) is 0 Å². The second-order valence-corrected chi connectivity index (χ2v) is 5.78. The van der Waals surface area contributed by atoms with E-state index in [0.717, 1.165) is 44.3 Å². The number of rotatable bonds is 10. The van der Waals surface area contributed by atoms with Crippen molar-refractivity contribution in [1.82, 2.24) is 4.90 Å². The van der Waals surface area contributed by atoms with Crippen molar-refractivity contribution in [2.24, 2.45) is 0 Å². The summed E-state index contributed by atoms with van der Waals surface area (Å²) in [6.07, 6.45) is 7.85. The first kappa shape index (κ1) is 16.9. The summed E-state index contributed by atoms with van der Waals surface area (Å²) in [6.45, 7) is 9.10. The first-order valence-electron chi connectivity index (χ1n) is 8.09. The molecule has 114 valence electrons. The fraction of sp³-hybridized carbons (Fsp3) is 0.765. The van der Waals surface area contributed by atoms with E-state index in [1.807, 2.05) is 6.92 Å². The topological polar surface area (TPSA) is 37.4 Å². The number of ketones is 2. The largest absolute Gasteiger partial charge is 0.365 e. The van der Waals surface area contributed by atoms with Gasteiger partial charge in [0.1, 0.15) is 5.78 Å². The molecule has 0 saturated carbocycles. The highest BCUT2D eigenvalue weighted by Crippen LogP contribution is 2.24. The summed E-state index contributed by atoms with van der Waals surface area (Å²) in [6, 6.07) is -0.135. The molecule has 0 amide bonds. The van der Waals surface area contributed by atoms with E-state index >= 15 is 0 Å². The monoisotopic (exact) mass is 279 g/mol. The third kappa shape index (κ3) is 5.10. The molecule has 0 aromatic heterocycles. The maximum atomic E-state index is 12.3. The zero-order valence-electron chi connectivity index (χ0n) is 13.1. The fourth-order valence-electron chi connectivity index (χ4n) is 2.90. The Morgan fingerprint density at radius 1 is 1.25 bits per heavy atom. The van der Waals surface area contributed by atoms with Crippen molar-refractivity contribution < 1.29 is 9.59 Å². The van der Waals surface area contributed by atoms with E-state index < -0.39 is 0 Å². The molecule has 20 heavy (non-hydrogen) atoms. The van der Waals surface area contributed by atoms with Gasteiger partial charge in [0.2, 0.25) is 0 Å². The van der Waals surface area contributed by atoms with E-state index in [2.05, 4.69) is 18.4 Å². The molecule has 0 radical (unpaired) electrons. The number of carbonyl (C=O) groups is 2. The van der Waals surface area contributed by atoms with Crippen LogP contribution in [-0.4, -0.2) is 29.1 Å². The minimum absolute atomic E-state index is 0.0797. The third-order valence-electron chi connectivity index (χ3n) is 4.09. The SMILES string of the molecule is C=C1CCCN1[C@@H](CC)C(=O)CC(=O)CCCCCC. The Morgan fingerprint density at radius 2 is 2.00 bits per heavy atom. The first-order valence-corrected chi connectivity index (χ1v) is 8.09. The third-order valence-corrected chi connectivity index (χ3v) is 4.09. The lowest BCUT2D eigenvalue weighted by molar-refractivity contribution is -0.129. The van der Waals surface area contributed by atoms with Gasteiger partial charge in [-0.05, 0) is 25.7 Å². The second kappa shape index (κ2) is 8.93. The molecule has 1 aliphatic heterocycles. The lowest BCUT2D eigenvalue weighted by atomic mass is 10.00. The number of Topliss-reactive ketones (excluding diaryl/α,β-unsaturated/α-hetero) is 2. The van der Waals surface area contributed by atoms with Crippen molar-refractivity contribution in [3.05, 3.63) is 12.3 Å². The maximum absolute atomic E-state index is 12.3. The molecular formula is C17H29NO2. The molecule has 0 aliphatic carbocycles. The maximum Gasteiger partial charge on any atom is 0.162 e. The van der Waals surface area contributed by atoms with Gasteiger partial charge in [-0.1, -0.05) is 39.7 Å². The van der Waals surface area contributed by atoms with Gasteiger partial charge in [-0.15, -0.1) is 0 Å². The number of nitrogens with zero attached hydrogens (tertiary/aromatic N) is 1. The number of hydrogen-bond acceptors (Lipinski definition) is 3. The van der Waals surface area contributed by atoms with Crippen LogP contribution in [0.1, 0.15) is 71.6 Å². The Bertz CT molecular complexity index is 349. The van der Waals surface area contributed by atoms with Crippen molar-refractivity contribution >= 4 is 11.6 Å². The van der Waals surface area contributed by atoms with Gasteiger partial charge in [0.15, 0.2) is 5.78 Å². The Balaban J connectivity index is 2.39. The van der Waals surface area contributed by atoms with E-state index in [1.165, 1.54) is 12.8 Å². The van der Waals surface area contributed by atoms with Crippen LogP contribution in [-0.2, 0) is 9.59 Å². The quantitative estimate of drug-likeness (QED) is 0.450. The van der Waals surface area contributed by atoms with Crippen molar-refractivity contribution in [2.45, 2.75) is 77.7 Å². The summed E-state index contributed by atoms with van der Waals surface area (Å²) in [5.74, 6) is 0.186. The average molecular weight is 279 g/mol. The van der Waals surface area contributed by atoms with Crippen LogP contribution < -0.4 is 0 Å². The summed E-state index contributed by atoms with van der Waals surface area (Å²) in [5, 5.41) is 0. The number of hydrogen-bond donors (Lipinski definition) is 0. The molecule has 1 saturated heterocycles. The summed E-state index contributed by atoms with van der Waals surface area (Å²) < 4.78 is 0. The van der Waals surface area contributed by atoms with E-state index in [9.17, 15) is 9.59 Å². The number of allylic oxidation sites excluding steroid dienone is 1. The average Bonchev–Trinajstić information content (AvgIpc) is 2.82. The smallest absolute Gasteiger partial charge is 0.162 e. The molecule has 0 aromatic carbocycles. The molecule has 3 nitrogen and oxygen atoms in total. The van der Waals surface area contributed by atoms with Gasteiger partial charge in [0.25, 0.3) is 0 Å². The molecule has 1 aliphatic rings. The van der Waals surface area contributed by atoms with E-state index in [-0.39, 0.29) is 24.0 Å². The van der Waals surface area contributed by atoms with Crippen LogP contribution in [0.4, 0.5) is 0 Å². The van der Waals surface area contributed by atoms with Crippen molar-refractivity contribution in [2.75, 3.05) is 6.54 Å². The Labute approximate surface area is 123 Å². The molecule has 0 unspecified atom stereocenters. The van der Waals surface area contributed by atoms with Gasteiger partial charge in [-0.25, -0.2) is 0 Å². The molecule has 0 spiro atoms. The number of unbranched alkanes of at least 4 members (excludes halogenated alkanes) is 3. The summed E-state index contributed by atoms with van der Waals surface area (Å²) >= 11 is 0. The van der Waals surface area contributed by atoms with E-state index in [4.69, 9.17) is 0 Å². The predicted octanol–water partition coefficient (Wildman–Crippen LogP) is 3.87. The molecule has 0 aromatic rings. The lowest BCUT2D eigenvalue weighted by Crippen LogP contribution is -2.38. The molecule has 1 rings (SSSR count). The lowest BCUT2D eigenvalue weighted by Gasteiger charge is -2.28. The standard InChI is InChI=1S/C17H29NO2/c1-4-6-7-8-11-15(19)13-17(20)16(5-2)18-12-9-10-14(18)3/h16H,3-13H2,1-2H3/t16-/m0/s1. The highest BCUT2D eigenvalue weighted by molar-refractivity contribution is 6.01. The molecule has 1 fully saturated rings. The van der Waals surface area contributed by atoms with Crippen molar-refractivity contribution in [1.29, 1.82) is 0 Å². The van der Waals surface area contributed by atoms with Crippen LogP contribution in [0.15, 0.2) is 12.3 Å². The predicted molar refractivity (Wildman–Crippen MR) is 82.5 cm³/mol. The zero-order valence-corrected chi connectivity index (χ0v) is 13.1. The normalized spacial score (nSPS) is 16.5. The zero-order chi connectivity index (χ0) is 15.0. The van der Waals surface area contributed by atoms with Gasteiger partial charge in [0, 0.05) is 18.7 Å². The molecule has 0 N–H and O–H groups in total. The molecular weight excluding hydrogens is 250 g/mol. The van der Waals surface area contributed by atoms with Crippen LogP contribution in [0.5, 0.6) is 0 Å². The fourth-order valence-corrected chi connectivity index (χ4v) is 2.90. The van der Waals surface area contributed by atoms with Gasteiger partial charge < -0.3 is 4.90 Å². The molecule has 1 heterocycles. The summed E-state index contributed by atoms with van der Waals surface area (Å²) in [7, 11) is 0. The van der Waals surface area contributed by atoms with Crippen LogP contribution in [0.25, 0.3) is 0 Å². The molecule has 3 heteroatoms. The van der Waals surface area contributed by atoms with Gasteiger partial charge in [-0.2, -0.15) is 0 Å². The Kier molecular flexibility index (Phi) is 7.56. The minimum atomic E-state index is -0.135. The van der Waals surface area contributed by atoms with Crippen LogP contribution in [0.3, 0.4) is 0 Å². The van der Waals surface area contributed by atoms with Gasteiger partial charge in [-0.3, -0.25) is 9.59 Å². The Hall–Kier alpha value is -1.12. The summed E-state index contributed by atoms with van der Waals surface area (Å²) in [5.41, 5.74) is 1.06. The van der Waals surface area contributed by atoms with E-state index in [0.29, 0.717) is 6.42 Å². The van der Waals surface area contributed by atoms with Crippen LogP contribution in [0.2, 0.25) is 0 Å². The minimum Gasteiger partial charge on any atom is -0.365 e. The highest BCUT2D eigenvalue weighted by Gasteiger charge is 2.28. The Morgan fingerprint density at radius 3 is 2.55 bits per heavy atom. The molecule has 1 atom stereocenters. The van der Waals surface area contributed by atoms with Crippen LogP contribution in [0, 0.1) is 0 Å². The van der Waals surface area contributed by atoms with Crippen molar-refractivity contribution in [3.8, 4) is 0 Å². The van der Waals surface area contributed by atoms with Gasteiger partial charge in [0.05, 0.1) is 12.5 Å². The van der Waals surface area contributed by atoms with Crippen molar-refractivity contribution in [3.63, 3.8) is 0 Å². The highest BCUT2D eigenvalue weighted by atomic mass is 16.1.